The molecule has 20 heavy (non-hydrogen) atoms. The maximum Gasteiger partial charge on any atom is 0.161 e. The first-order valence-electron chi connectivity index (χ1n) is 6.51. The van der Waals surface area contributed by atoms with Crippen LogP contribution < -0.4 is 5.32 Å². The lowest BCUT2D eigenvalue weighted by Crippen LogP contribution is -2.05. The summed E-state index contributed by atoms with van der Waals surface area (Å²) in [6.07, 6.45) is 0. The van der Waals surface area contributed by atoms with Crippen molar-refractivity contribution >= 4 is 38.5 Å². The van der Waals surface area contributed by atoms with E-state index in [4.69, 9.17) is 0 Å². The van der Waals surface area contributed by atoms with Crippen molar-refractivity contribution in [1.82, 2.24) is 0 Å². The van der Waals surface area contributed by atoms with E-state index in [0.717, 1.165) is 21.9 Å². The summed E-state index contributed by atoms with van der Waals surface area (Å²) in [5.41, 5.74) is 3.64. The van der Waals surface area contributed by atoms with Crippen LogP contribution in [-0.4, -0.2) is 11.7 Å². The molecule has 3 rings (SSSR count). The summed E-state index contributed by atoms with van der Waals surface area (Å²) in [5.74, 6) is 0. The molecule has 1 N–H and O–H groups in total. The zero-order valence-corrected chi connectivity index (χ0v) is 13.5. The number of rotatable bonds is 2. The predicted molar refractivity (Wildman–Crippen MR) is 91.6 cm³/mol. The SMILES string of the molecule is Cc1ccc(NC2=NCC(c3ccccc3)S2)cc1Br. The first kappa shape index (κ1) is 13.7. The van der Waals surface area contributed by atoms with Crippen molar-refractivity contribution in [2.24, 2.45) is 4.99 Å². The van der Waals surface area contributed by atoms with Crippen molar-refractivity contribution < 1.29 is 0 Å². The molecule has 0 saturated heterocycles. The predicted octanol–water partition coefficient (Wildman–Crippen LogP) is 5.01. The highest BCUT2D eigenvalue weighted by atomic mass is 79.9. The average Bonchev–Trinajstić information content (AvgIpc) is 2.92. The van der Waals surface area contributed by atoms with E-state index in [1.54, 1.807) is 11.8 Å². The topological polar surface area (TPSA) is 24.4 Å². The van der Waals surface area contributed by atoms with Crippen LogP contribution in [0.25, 0.3) is 0 Å². The van der Waals surface area contributed by atoms with Crippen molar-refractivity contribution in [1.29, 1.82) is 0 Å². The van der Waals surface area contributed by atoms with E-state index in [1.807, 2.05) is 6.07 Å². The Morgan fingerprint density at radius 1 is 1.20 bits per heavy atom. The second kappa shape index (κ2) is 6.02. The zero-order chi connectivity index (χ0) is 13.9. The standard InChI is InChI=1S/C16H15BrN2S/c1-11-7-8-13(9-14(11)17)19-16-18-10-15(20-16)12-5-3-2-4-6-12/h2-9,15H,10H2,1H3,(H,18,19). The van der Waals surface area contributed by atoms with Gasteiger partial charge < -0.3 is 5.32 Å². The smallest absolute Gasteiger partial charge is 0.161 e. The molecule has 0 saturated carbocycles. The van der Waals surface area contributed by atoms with Gasteiger partial charge in [0.2, 0.25) is 0 Å². The summed E-state index contributed by atoms with van der Waals surface area (Å²) < 4.78 is 1.12. The van der Waals surface area contributed by atoms with Gasteiger partial charge in [0.05, 0.1) is 11.8 Å². The fourth-order valence-corrected chi connectivity index (χ4v) is 3.50. The third-order valence-corrected chi connectivity index (χ3v) is 5.26. The Kier molecular flexibility index (Phi) is 4.13. The minimum absolute atomic E-state index is 0.424. The number of thioether (sulfide) groups is 1. The molecule has 0 bridgehead atoms. The molecule has 2 aromatic carbocycles. The summed E-state index contributed by atoms with van der Waals surface area (Å²) >= 11 is 5.35. The van der Waals surface area contributed by atoms with Crippen molar-refractivity contribution in [2.75, 3.05) is 11.9 Å². The molecule has 1 aliphatic rings. The van der Waals surface area contributed by atoms with Crippen LogP contribution in [0.5, 0.6) is 0 Å². The molecule has 0 fully saturated rings. The van der Waals surface area contributed by atoms with E-state index < -0.39 is 0 Å². The van der Waals surface area contributed by atoms with Crippen molar-refractivity contribution in [3.05, 3.63) is 64.1 Å². The molecule has 1 aliphatic heterocycles. The Hall–Kier alpha value is -1.26. The second-order valence-electron chi connectivity index (χ2n) is 4.75. The highest BCUT2D eigenvalue weighted by Crippen LogP contribution is 2.35. The number of nitrogens with zero attached hydrogens (tertiary/aromatic N) is 1. The number of amidine groups is 1. The Balaban J connectivity index is 1.67. The van der Waals surface area contributed by atoms with Crippen LogP contribution in [-0.2, 0) is 0 Å². The first-order valence-corrected chi connectivity index (χ1v) is 8.19. The van der Waals surface area contributed by atoms with Crippen LogP contribution in [0.3, 0.4) is 0 Å². The van der Waals surface area contributed by atoms with E-state index in [1.165, 1.54) is 11.1 Å². The molecule has 0 amide bonds. The van der Waals surface area contributed by atoms with Crippen LogP contribution >= 0.6 is 27.7 Å². The number of hydrogen-bond acceptors (Lipinski definition) is 3. The third kappa shape index (κ3) is 3.07. The van der Waals surface area contributed by atoms with E-state index in [-0.39, 0.29) is 0 Å². The Labute approximate surface area is 131 Å². The second-order valence-corrected chi connectivity index (χ2v) is 6.80. The highest BCUT2D eigenvalue weighted by Gasteiger charge is 2.21. The van der Waals surface area contributed by atoms with Gasteiger partial charge in [-0.15, -0.1) is 0 Å². The van der Waals surface area contributed by atoms with Gasteiger partial charge in [0.25, 0.3) is 0 Å². The third-order valence-electron chi connectivity index (χ3n) is 3.25. The zero-order valence-electron chi connectivity index (χ0n) is 11.1. The fraction of sp³-hybridized carbons (Fsp3) is 0.188. The Morgan fingerprint density at radius 3 is 2.75 bits per heavy atom. The summed E-state index contributed by atoms with van der Waals surface area (Å²) in [4.78, 5) is 4.59. The molecule has 0 radical (unpaired) electrons. The van der Waals surface area contributed by atoms with Gasteiger partial charge in [-0.05, 0) is 30.2 Å². The summed E-state index contributed by atoms with van der Waals surface area (Å²) in [6.45, 7) is 2.92. The van der Waals surface area contributed by atoms with Crippen LogP contribution in [0.1, 0.15) is 16.4 Å². The van der Waals surface area contributed by atoms with Crippen LogP contribution in [0, 0.1) is 6.92 Å². The summed E-state index contributed by atoms with van der Waals surface area (Å²) in [6, 6.07) is 16.8. The minimum atomic E-state index is 0.424. The Bertz CT molecular complexity index is 640. The number of aryl methyl sites for hydroxylation is 1. The van der Waals surface area contributed by atoms with Gasteiger partial charge in [-0.25, -0.2) is 0 Å². The van der Waals surface area contributed by atoms with Crippen LogP contribution in [0.15, 0.2) is 58.0 Å². The molecule has 2 aromatic rings. The molecule has 1 heterocycles. The van der Waals surface area contributed by atoms with Gasteiger partial charge in [-0.1, -0.05) is 64.1 Å². The quantitative estimate of drug-likeness (QED) is 0.825. The summed E-state index contributed by atoms with van der Waals surface area (Å²) in [7, 11) is 0. The molecule has 1 atom stereocenters. The average molecular weight is 347 g/mol. The van der Waals surface area contributed by atoms with Gasteiger partial charge in [-0.3, -0.25) is 4.99 Å². The van der Waals surface area contributed by atoms with Crippen LogP contribution in [0.2, 0.25) is 0 Å². The molecule has 0 aromatic heterocycles. The number of halogens is 1. The normalized spacial score (nSPS) is 17.9. The van der Waals surface area contributed by atoms with Gasteiger partial charge in [0.15, 0.2) is 5.17 Å². The van der Waals surface area contributed by atoms with Gasteiger partial charge in [-0.2, -0.15) is 0 Å². The fourth-order valence-electron chi connectivity index (χ4n) is 2.08. The molecular formula is C16H15BrN2S. The maximum absolute atomic E-state index is 4.59. The van der Waals surface area contributed by atoms with Gasteiger partial charge in [0.1, 0.15) is 0 Å². The molecule has 2 nitrogen and oxygen atoms in total. The number of nitrogens with one attached hydrogen (secondary N) is 1. The van der Waals surface area contributed by atoms with Gasteiger partial charge in [0, 0.05) is 10.2 Å². The molecule has 102 valence electrons. The van der Waals surface area contributed by atoms with E-state index in [9.17, 15) is 0 Å². The Morgan fingerprint density at radius 2 is 2.00 bits per heavy atom. The minimum Gasteiger partial charge on any atom is -0.335 e. The lowest BCUT2D eigenvalue weighted by Gasteiger charge is -2.10. The van der Waals surface area contributed by atoms with E-state index >= 15 is 0 Å². The highest BCUT2D eigenvalue weighted by molar-refractivity contribution is 9.10. The van der Waals surface area contributed by atoms with Gasteiger partial charge >= 0.3 is 0 Å². The van der Waals surface area contributed by atoms with Crippen molar-refractivity contribution in [2.45, 2.75) is 12.2 Å². The number of benzene rings is 2. The first-order chi connectivity index (χ1) is 9.72. The maximum atomic E-state index is 4.59. The largest absolute Gasteiger partial charge is 0.335 e. The van der Waals surface area contributed by atoms with E-state index in [2.05, 4.69) is 75.6 Å². The van der Waals surface area contributed by atoms with Crippen molar-refractivity contribution in [3.63, 3.8) is 0 Å². The molecule has 4 heteroatoms. The lowest BCUT2D eigenvalue weighted by molar-refractivity contribution is 0.966. The summed E-state index contributed by atoms with van der Waals surface area (Å²) in [5, 5.41) is 4.81. The van der Waals surface area contributed by atoms with Crippen molar-refractivity contribution in [3.8, 4) is 0 Å². The monoisotopic (exact) mass is 346 g/mol. The van der Waals surface area contributed by atoms with E-state index in [0.29, 0.717) is 5.25 Å². The molecule has 0 aliphatic carbocycles. The molecule has 1 unspecified atom stereocenters. The number of anilines is 1. The van der Waals surface area contributed by atoms with Crippen LogP contribution in [0.4, 0.5) is 5.69 Å². The molecular weight excluding hydrogens is 332 g/mol. The molecule has 0 spiro atoms. The number of hydrogen-bond donors (Lipinski definition) is 1. The number of aliphatic imine (C=N–C) groups is 1. The lowest BCUT2D eigenvalue weighted by atomic mass is 10.1.